The molecule has 0 aliphatic carbocycles. The van der Waals surface area contributed by atoms with Gasteiger partial charge in [-0.25, -0.2) is 0 Å². The maximum Gasteiger partial charge on any atom is 0.0625 e. The fourth-order valence-corrected chi connectivity index (χ4v) is 8.92. The minimum absolute atomic E-state index is 1.15. The summed E-state index contributed by atoms with van der Waals surface area (Å²) in [5.41, 5.74) is 15.6. The van der Waals surface area contributed by atoms with Gasteiger partial charge in [-0.15, -0.1) is 0 Å². The number of fused-ring (bicyclic) bond motifs is 8. The van der Waals surface area contributed by atoms with E-state index in [0.29, 0.717) is 0 Å². The molecular formula is C58H39N. The Balaban J connectivity index is 0.968. The molecule has 0 atom stereocenters. The summed E-state index contributed by atoms with van der Waals surface area (Å²) in [7, 11) is 0. The monoisotopic (exact) mass is 749 g/mol. The van der Waals surface area contributed by atoms with Gasteiger partial charge in [-0.05, 0) is 96.1 Å². The van der Waals surface area contributed by atoms with Crippen LogP contribution in [-0.4, -0.2) is 4.57 Å². The predicted octanol–water partition coefficient (Wildman–Crippen LogP) is 15.7. The molecular weight excluding hydrogens is 711 g/mol. The summed E-state index contributed by atoms with van der Waals surface area (Å²) in [6.07, 6.45) is 2.31. The van der Waals surface area contributed by atoms with Gasteiger partial charge in [0.2, 0.25) is 0 Å². The summed E-state index contributed by atoms with van der Waals surface area (Å²) in [5.74, 6) is 0. The highest BCUT2D eigenvalue weighted by Gasteiger charge is 2.18. The summed E-state index contributed by atoms with van der Waals surface area (Å²) in [6, 6.07) is 83.6. The SMILES string of the molecule is C(=C(/c1ccc(-c2ccccc2)cc1)c1ccc(-c2ccc(-n3c4ccccc4c4c5ccccc5c5ccccc5c43)cc2)cc1)/c1ccc(-c2ccccc2)cc1. The van der Waals surface area contributed by atoms with Crippen LogP contribution in [-0.2, 0) is 0 Å². The Kier molecular flexibility index (Phi) is 8.56. The maximum atomic E-state index is 2.46. The van der Waals surface area contributed by atoms with Crippen LogP contribution in [0.2, 0.25) is 0 Å². The number of rotatable bonds is 7. The van der Waals surface area contributed by atoms with Crippen LogP contribution in [0, 0.1) is 0 Å². The third-order valence-corrected chi connectivity index (χ3v) is 11.8. The second-order valence-corrected chi connectivity index (χ2v) is 15.3. The Bertz CT molecular complexity index is 3300. The van der Waals surface area contributed by atoms with E-state index in [1.807, 2.05) is 0 Å². The van der Waals surface area contributed by atoms with Gasteiger partial charge in [0.05, 0.1) is 11.0 Å². The van der Waals surface area contributed by atoms with Crippen molar-refractivity contribution in [3.63, 3.8) is 0 Å². The van der Waals surface area contributed by atoms with Crippen LogP contribution in [0.25, 0.3) is 94.1 Å². The van der Waals surface area contributed by atoms with Crippen LogP contribution in [0.15, 0.2) is 231 Å². The maximum absolute atomic E-state index is 2.46. The van der Waals surface area contributed by atoms with E-state index < -0.39 is 0 Å². The number of benzene rings is 10. The first kappa shape index (κ1) is 34.5. The van der Waals surface area contributed by atoms with Crippen molar-refractivity contribution in [1.29, 1.82) is 0 Å². The lowest BCUT2D eigenvalue weighted by Crippen LogP contribution is -1.95. The summed E-state index contributed by atoms with van der Waals surface area (Å²) in [6.45, 7) is 0. The van der Waals surface area contributed by atoms with E-state index in [-0.39, 0.29) is 0 Å². The molecule has 276 valence electrons. The summed E-state index contributed by atoms with van der Waals surface area (Å²) in [4.78, 5) is 0. The van der Waals surface area contributed by atoms with Crippen molar-refractivity contribution in [3.8, 4) is 39.1 Å². The van der Waals surface area contributed by atoms with Gasteiger partial charge in [-0.2, -0.15) is 0 Å². The highest BCUT2D eigenvalue weighted by atomic mass is 15.0. The molecule has 11 rings (SSSR count). The number of aromatic nitrogens is 1. The van der Waals surface area contributed by atoms with E-state index in [4.69, 9.17) is 0 Å². The molecule has 0 N–H and O–H groups in total. The lowest BCUT2D eigenvalue weighted by molar-refractivity contribution is 1.19. The van der Waals surface area contributed by atoms with E-state index >= 15 is 0 Å². The Morgan fingerprint density at radius 1 is 0.305 bits per heavy atom. The molecule has 0 unspecified atom stereocenters. The largest absolute Gasteiger partial charge is 0.309 e. The molecule has 0 bridgehead atoms. The normalized spacial score (nSPS) is 11.8. The molecule has 1 heterocycles. The van der Waals surface area contributed by atoms with Crippen LogP contribution >= 0.6 is 0 Å². The van der Waals surface area contributed by atoms with E-state index in [0.717, 1.165) is 11.3 Å². The summed E-state index contributed by atoms with van der Waals surface area (Å²) < 4.78 is 2.46. The lowest BCUT2D eigenvalue weighted by Gasteiger charge is -2.13. The summed E-state index contributed by atoms with van der Waals surface area (Å²) in [5, 5.41) is 7.71. The van der Waals surface area contributed by atoms with Gasteiger partial charge in [0.15, 0.2) is 0 Å². The molecule has 1 nitrogen and oxygen atoms in total. The van der Waals surface area contributed by atoms with E-state index in [1.165, 1.54) is 93.4 Å². The van der Waals surface area contributed by atoms with Crippen molar-refractivity contribution in [2.24, 2.45) is 0 Å². The average molecular weight is 750 g/mol. The predicted molar refractivity (Wildman–Crippen MR) is 252 cm³/mol. The number of hydrogen-bond donors (Lipinski definition) is 0. The minimum Gasteiger partial charge on any atom is -0.309 e. The second kappa shape index (κ2) is 14.6. The average Bonchev–Trinajstić information content (AvgIpc) is 3.68. The van der Waals surface area contributed by atoms with E-state index in [9.17, 15) is 0 Å². The molecule has 0 radical (unpaired) electrons. The van der Waals surface area contributed by atoms with Crippen molar-refractivity contribution in [1.82, 2.24) is 4.57 Å². The molecule has 0 aliphatic heterocycles. The van der Waals surface area contributed by atoms with Gasteiger partial charge in [0.1, 0.15) is 0 Å². The second-order valence-electron chi connectivity index (χ2n) is 15.3. The van der Waals surface area contributed by atoms with Crippen molar-refractivity contribution in [2.45, 2.75) is 0 Å². The summed E-state index contributed by atoms with van der Waals surface area (Å²) >= 11 is 0. The Hall–Kier alpha value is -7.74. The first-order chi connectivity index (χ1) is 29.3. The van der Waals surface area contributed by atoms with Crippen LogP contribution in [0.5, 0.6) is 0 Å². The Morgan fingerprint density at radius 3 is 1.24 bits per heavy atom. The van der Waals surface area contributed by atoms with Gasteiger partial charge in [-0.3, -0.25) is 0 Å². The van der Waals surface area contributed by atoms with Crippen molar-refractivity contribution >= 4 is 55.0 Å². The molecule has 59 heavy (non-hydrogen) atoms. The fourth-order valence-electron chi connectivity index (χ4n) is 8.92. The zero-order valence-electron chi connectivity index (χ0n) is 32.5. The van der Waals surface area contributed by atoms with Crippen molar-refractivity contribution in [3.05, 3.63) is 247 Å². The Morgan fingerprint density at radius 2 is 0.695 bits per heavy atom. The van der Waals surface area contributed by atoms with Crippen molar-refractivity contribution < 1.29 is 0 Å². The van der Waals surface area contributed by atoms with Crippen LogP contribution in [0.3, 0.4) is 0 Å². The number of para-hydroxylation sites is 1. The van der Waals surface area contributed by atoms with Crippen molar-refractivity contribution in [2.75, 3.05) is 0 Å². The molecule has 10 aromatic carbocycles. The molecule has 1 heteroatoms. The Labute approximate surface area is 344 Å². The standard InChI is InChI=1S/C58H39N/c1-3-13-41(14-4-1)43-25-23-40(24-26-43)39-55(47-31-27-44(28-32-47)42-15-5-2-6-16-42)48-33-29-45(30-34-48)46-35-37-49(38-36-46)59-56-22-12-11-21-54(56)57-52-19-9-7-17-50(52)51-18-8-10-20-53(51)58(57)59/h1-39H/b55-39+. The first-order valence-electron chi connectivity index (χ1n) is 20.3. The highest BCUT2D eigenvalue weighted by Crippen LogP contribution is 2.42. The molecule has 0 fully saturated rings. The van der Waals surface area contributed by atoms with Gasteiger partial charge in [0.25, 0.3) is 0 Å². The zero-order chi connectivity index (χ0) is 39.1. The first-order valence-corrected chi connectivity index (χ1v) is 20.3. The topological polar surface area (TPSA) is 4.93 Å². The highest BCUT2D eigenvalue weighted by molar-refractivity contribution is 6.32. The third kappa shape index (κ3) is 6.21. The van der Waals surface area contributed by atoms with Crippen LogP contribution in [0.4, 0.5) is 0 Å². The molecule has 0 saturated heterocycles. The minimum atomic E-state index is 1.15. The molecule has 0 spiro atoms. The molecule has 1 aromatic heterocycles. The lowest BCUT2D eigenvalue weighted by atomic mass is 9.92. The van der Waals surface area contributed by atoms with Gasteiger partial charge < -0.3 is 4.57 Å². The molecule has 0 saturated carbocycles. The van der Waals surface area contributed by atoms with E-state index in [2.05, 4.69) is 241 Å². The van der Waals surface area contributed by atoms with Crippen LogP contribution in [0.1, 0.15) is 16.7 Å². The molecule has 11 aromatic rings. The molecule has 0 amide bonds. The number of hydrogen-bond acceptors (Lipinski definition) is 0. The third-order valence-electron chi connectivity index (χ3n) is 11.8. The fraction of sp³-hybridized carbons (Fsp3) is 0. The van der Waals surface area contributed by atoms with Gasteiger partial charge in [-0.1, -0.05) is 212 Å². The van der Waals surface area contributed by atoms with Gasteiger partial charge in [0, 0.05) is 21.8 Å². The smallest absolute Gasteiger partial charge is 0.0625 e. The van der Waals surface area contributed by atoms with Crippen LogP contribution < -0.4 is 0 Å². The van der Waals surface area contributed by atoms with Gasteiger partial charge >= 0.3 is 0 Å². The number of nitrogens with zero attached hydrogens (tertiary/aromatic N) is 1. The van der Waals surface area contributed by atoms with E-state index in [1.54, 1.807) is 0 Å². The zero-order valence-corrected chi connectivity index (χ0v) is 32.5. The quantitative estimate of drug-likeness (QED) is 0.113. The molecule has 0 aliphatic rings.